The van der Waals surface area contributed by atoms with Gasteiger partial charge in [0.15, 0.2) is 0 Å². The van der Waals surface area contributed by atoms with Crippen LogP contribution in [0, 0.1) is 11.3 Å². The van der Waals surface area contributed by atoms with E-state index in [0.29, 0.717) is 23.1 Å². The van der Waals surface area contributed by atoms with Gasteiger partial charge in [-0.3, -0.25) is 0 Å². The van der Waals surface area contributed by atoms with E-state index in [4.69, 9.17) is 22.0 Å². The molecule has 3 nitrogen and oxygen atoms in total. The zero-order chi connectivity index (χ0) is 11.4. The second kappa shape index (κ2) is 4.81. The van der Waals surface area contributed by atoms with Gasteiger partial charge in [0.2, 0.25) is 0 Å². The molecule has 0 amide bonds. The van der Waals surface area contributed by atoms with E-state index in [9.17, 15) is 4.79 Å². The predicted octanol–water partition coefficient (Wildman–Crippen LogP) is 2.56. The molecule has 0 saturated heterocycles. The van der Waals surface area contributed by atoms with Crippen molar-refractivity contribution in [1.29, 1.82) is 5.26 Å². The first-order chi connectivity index (χ1) is 7.13. The summed E-state index contributed by atoms with van der Waals surface area (Å²) in [6.45, 7) is 1.87. The Kier molecular flexibility index (Phi) is 3.70. The molecule has 1 N–H and O–H groups in total. The van der Waals surface area contributed by atoms with Crippen molar-refractivity contribution in [2.75, 3.05) is 0 Å². The zero-order valence-electron chi connectivity index (χ0n) is 8.25. The highest BCUT2D eigenvalue weighted by Crippen LogP contribution is 2.19. The van der Waals surface area contributed by atoms with Crippen LogP contribution in [-0.2, 0) is 12.3 Å². The molecule has 0 fully saturated rings. The minimum absolute atomic E-state index is 0.183. The number of nitriles is 1. The van der Waals surface area contributed by atoms with E-state index in [1.165, 1.54) is 6.07 Å². The van der Waals surface area contributed by atoms with E-state index >= 15 is 0 Å². The Labute approximate surface area is 92.9 Å². The van der Waals surface area contributed by atoms with Crippen LogP contribution in [0.25, 0.3) is 0 Å². The number of hydrogen-bond acceptors (Lipinski definition) is 2. The number of rotatable bonds is 3. The van der Waals surface area contributed by atoms with Crippen molar-refractivity contribution < 1.29 is 9.90 Å². The monoisotopic (exact) mass is 223 g/mol. The van der Waals surface area contributed by atoms with Crippen molar-refractivity contribution in [3.63, 3.8) is 0 Å². The number of carboxylic acid groups (broad SMARTS) is 1. The van der Waals surface area contributed by atoms with Gasteiger partial charge in [-0.05, 0) is 23.6 Å². The third kappa shape index (κ3) is 2.28. The Hall–Kier alpha value is -1.53. The smallest absolute Gasteiger partial charge is 0.336 e. The summed E-state index contributed by atoms with van der Waals surface area (Å²) < 4.78 is 0. The van der Waals surface area contributed by atoms with Gasteiger partial charge in [0, 0.05) is 5.88 Å². The number of hydrogen-bond donors (Lipinski definition) is 1. The third-order valence-corrected chi connectivity index (χ3v) is 2.49. The Morgan fingerprint density at radius 3 is 2.60 bits per heavy atom. The van der Waals surface area contributed by atoms with Crippen molar-refractivity contribution in [3.05, 3.63) is 34.4 Å². The van der Waals surface area contributed by atoms with Gasteiger partial charge in [-0.1, -0.05) is 13.0 Å². The van der Waals surface area contributed by atoms with E-state index < -0.39 is 5.97 Å². The van der Waals surface area contributed by atoms with Crippen LogP contribution in [0.5, 0.6) is 0 Å². The number of halogens is 1. The van der Waals surface area contributed by atoms with Crippen LogP contribution >= 0.6 is 11.6 Å². The topological polar surface area (TPSA) is 61.1 Å². The fourth-order valence-corrected chi connectivity index (χ4v) is 1.62. The van der Waals surface area contributed by atoms with Gasteiger partial charge < -0.3 is 5.11 Å². The average Bonchev–Trinajstić information content (AvgIpc) is 2.26. The van der Waals surface area contributed by atoms with Gasteiger partial charge in [-0.25, -0.2) is 4.79 Å². The van der Waals surface area contributed by atoms with Gasteiger partial charge in [-0.2, -0.15) is 5.26 Å². The number of alkyl halides is 1. The van der Waals surface area contributed by atoms with E-state index in [1.54, 1.807) is 6.07 Å². The summed E-state index contributed by atoms with van der Waals surface area (Å²) in [5.74, 6) is -0.792. The van der Waals surface area contributed by atoms with Crippen molar-refractivity contribution in [1.82, 2.24) is 0 Å². The lowest BCUT2D eigenvalue weighted by Crippen LogP contribution is -2.04. The maximum atomic E-state index is 10.9. The summed E-state index contributed by atoms with van der Waals surface area (Å²) in [5, 5.41) is 17.8. The molecule has 78 valence electrons. The Morgan fingerprint density at radius 2 is 2.20 bits per heavy atom. The van der Waals surface area contributed by atoms with Gasteiger partial charge in [0.1, 0.15) is 0 Å². The average molecular weight is 224 g/mol. The summed E-state index contributed by atoms with van der Waals surface area (Å²) >= 11 is 5.67. The molecule has 0 radical (unpaired) electrons. The van der Waals surface area contributed by atoms with E-state index in [2.05, 4.69) is 0 Å². The standard InChI is InChI=1S/C11H10ClNO2/c1-2-7-3-8(5-12)9(6-13)4-10(7)11(14)15/h3-4H,2,5H2,1H3,(H,14,15). The maximum Gasteiger partial charge on any atom is 0.336 e. The molecule has 0 unspecified atom stereocenters. The predicted molar refractivity (Wildman–Crippen MR) is 57.1 cm³/mol. The Morgan fingerprint density at radius 1 is 1.53 bits per heavy atom. The van der Waals surface area contributed by atoms with E-state index in [-0.39, 0.29) is 11.4 Å². The summed E-state index contributed by atoms with van der Waals surface area (Å²) in [4.78, 5) is 10.9. The van der Waals surface area contributed by atoms with Gasteiger partial charge in [-0.15, -0.1) is 11.6 Å². The number of benzene rings is 1. The molecule has 0 heterocycles. The molecule has 0 aromatic heterocycles. The van der Waals surface area contributed by atoms with Crippen LogP contribution in [0.4, 0.5) is 0 Å². The van der Waals surface area contributed by atoms with Crippen molar-refractivity contribution in [3.8, 4) is 6.07 Å². The normalized spacial score (nSPS) is 9.67. The summed E-state index contributed by atoms with van der Waals surface area (Å²) in [5.41, 5.74) is 1.90. The van der Waals surface area contributed by atoms with E-state index in [0.717, 1.165) is 0 Å². The minimum atomic E-state index is -1.01. The molecule has 0 aliphatic heterocycles. The second-order valence-electron chi connectivity index (χ2n) is 3.07. The molecule has 1 rings (SSSR count). The van der Waals surface area contributed by atoms with Crippen LogP contribution in [0.15, 0.2) is 12.1 Å². The van der Waals surface area contributed by atoms with Crippen molar-refractivity contribution in [2.24, 2.45) is 0 Å². The number of aromatic carboxylic acids is 1. The first-order valence-electron chi connectivity index (χ1n) is 4.49. The lowest BCUT2D eigenvalue weighted by atomic mass is 9.98. The number of carboxylic acids is 1. The molecule has 1 aromatic carbocycles. The molecule has 0 atom stereocenters. The molecular weight excluding hydrogens is 214 g/mol. The fourth-order valence-electron chi connectivity index (χ4n) is 1.40. The molecule has 0 aliphatic rings. The molecule has 0 spiro atoms. The fraction of sp³-hybridized carbons (Fsp3) is 0.273. The Bertz CT molecular complexity index is 435. The quantitative estimate of drug-likeness (QED) is 0.801. The molecule has 4 heteroatoms. The highest BCUT2D eigenvalue weighted by molar-refractivity contribution is 6.17. The first-order valence-corrected chi connectivity index (χ1v) is 5.02. The molecule has 0 bridgehead atoms. The largest absolute Gasteiger partial charge is 0.478 e. The minimum Gasteiger partial charge on any atom is -0.478 e. The number of aryl methyl sites for hydroxylation is 1. The van der Waals surface area contributed by atoms with Crippen LogP contribution in [0.3, 0.4) is 0 Å². The Balaban J connectivity index is 3.42. The van der Waals surface area contributed by atoms with Crippen LogP contribution in [-0.4, -0.2) is 11.1 Å². The molecule has 0 saturated carbocycles. The number of carbonyl (C=O) groups is 1. The molecule has 1 aromatic rings. The summed E-state index contributed by atoms with van der Waals surface area (Å²) in [6, 6.07) is 5.02. The van der Waals surface area contributed by atoms with Gasteiger partial charge >= 0.3 is 5.97 Å². The highest BCUT2D eigenvalue weighted by atomic mass is 35.5. The lowest BCUT2D eigenvalue weighted by molar-refractivity contribution is 0.0695. The molecule has 0 aliphatic carbocycles. The maximum absolute atomic E-state index is 10.9. The zero-order valence-corrected chi connectivity index (χ0v) is 9.01. The number of nitrogens with zero attached hydrogens (tertiary/aromatic N) is 1. The molecule has 15 heavy (non-hydrogen) atoms. The van der Waals surface area contributed by atoms with Crippen LogP contribution in [0.2, 0.25) is 0 Å². The first kappa shape index (κ1) is 11.5. The summed E-state index contributed by atoms with van der Waals surface area (Å²) in [7, 11) is 0. The third-order valence-electron chi connectivity index (χ3n) is 2.20. The van der Waals surface area contributed by atoms with Crippen molar-refractivity contribution >= 4 is 17.6 Å². The van der Waals surface area contributed by atoms with Crippen LogP contribution < -0.4 is 0 Å². The van der Waals surface area contributed by atoms with E-state index in [1.807, 2.05) is 13.0 Å². The van der Waals surface area contributed by atoms with Crippen molar-refractivity contribution in [2.45, 2.75) is 19.2 Å². The van der Waals surface area contributed by atoms with Gasteiger partial charge in [0.25, 0.3) is 0 Å². The lowest BCUT2D eigenvalue weighted by Gasteiger charge is -2.07. The second-order valence-corrected chi connectivity index (χ2v) is 3.34. The van der Waals surface area contributed by atoms with Gasteiger partial charge in [0.05, 0.1) is 17.2 Å². The summed E-state index contributed by atoms with van der Waals surface area (Å²) in [6.07, 6.45) is 0.608. The highest BCUT2D eigenvalue weighted by Gasteiger charge is 2.13. The van der Waals surface area contributed by atoms with Crippen LogP contribution in [0.1, 0.15) is 34.0 Å². The molecular formula is C11H10ClNO2. The SMILES string of the molecule is CCc1cc(CCl)c(C#N)cc1C(=O)O.